The third-order valence-electron chi connectivity index (χ3n) is 1.89. The molecule has 15 heavy (non-hydrogen) atoms. The zero-order chi connectivity index (χ0) is 11.3. The van der Waals surface area contributed by atoms with Crippen molar-refractivity contribution in [2.45, 2.75) is 12.7 Å². The van der Waals surface area contributed by atoms with Crippen LogP contribution in [0.3, 0.4) is 0 Å². The molecule has 1 rings (SSSR count). The zero-order valence-corrected chi connectivity index (χ0v) is 8.28. The number of hydrogen-bond acceptors (Lipinski definition) is 3. The highest BCUT2D eigenvalue weighted by Crippen LogP contribution is 2.18. The van der Waals surface area contributed by atoms with E-state index in [1.54, 1.807) is 19.2 Å². The molecule has 5 heteroatoms. The van der Waals surface area contributed by atoms with Crippen LogP contribution in [-0.4, -0.2) is 25.3 Å². The number of nitrogens with one attached hydrogen (secondary N) is 1. The van der Waals surface area contributed by atoms with Gasteiger partial charge in [0, 0.05) is 6.54 Å². The molecule has 0 aliphatic rings. The second kappa shape index (κ2) is 5.63. The summed E-state index contributed by atoms with van der Waals surface area (Å²) in [6.45, 7) is -2.41. The summed E-state index contributed by atoms with van der Waals surface area (Å²) in [5, 5.41) is 12.4. The first-order valence-electron chi connectivity index (χ1n) is 4.51. The Kier molecular flexibility index (Phi) is 4.45. The van der Waals surface area contributed by atoms with E-state index >= 15 is 0 Å². The molecule has 1 unspecified atom stereocenters. The summed E-state index contributed by atoms with van der Waals surface area (Å²) in [5.74, 6) is 0.0883. The molecule has 0 radical (unpaired) electrons. The number of aliphatic hydroxyl groups excluding tert-OH is 1. The molecule has 0 heterocycles. The molecule has 0 saturated carbocycles. The lowest BCUT2D eigenvalue weighted by Crippen LogP contribution is -2.16. The van der Waals surface area contributed by atoms with Crippen LogP contribution in [0.5, 0.6) is 5.75 Å². The Balaban J connectivity index is 2.63. The van der Waals surface area contributed by atoms with Gasteiger partial charge < -0.3 is 15.2 Å². The Hall–Kier alpha value is -1.20. The van der Waals surface area contributed by atoms with Gasteiger partial charge in [-0.15, -0.1) is 0 Å². The third-order valence-corrected chi connectivity index (χ3v) is 1.89. The van der Waals surface area contributed by atoms with E-state index in [2.05, 4.69) is 10.1 Å². The molecule has 1 aromatic rings. The average Bonchev–Trinajstić information content (AvgIpc) is 2.18. The standard InChI is InChI=1S/C10H13F2NO2/c1-13-6-9(14)7-2-4-8(5-3-7)15-10(11)12/h2-5,9-10,13-14H,6H2,1H3. The van der Waals surface area contributed by atoms with Crippen LogP contribution >= 0.6 is 0 Å². The van der Waals surface area contributed by atoms with E-state index in [-0.39, 0.29) is 5.75 Å². The first kappa shape index (κ1) is 11.9. The SMILES string of the molecule is CNCC(O)c1ccc(OC(F)F)cc1. The van der Waals surface area contributed by atoms with Crippen molar-refractivity contribution in [1.29, 1.82) is 0 Å². The topological polar surface area (TPSA) is 41.5 Å². The second-order valence-electron chi connectivity index (χ2n) is 3.02. The van der Waals surface area contributed by atoms with Gasteiger partial charge in [-0.2, -0.15) is 8.78 Å². The van der Waals surface area contributed by atoms with Gasteiger partial charge in [0.2, 0.25) is 0 Å². The molecule has 0 amide bonds. The van der Waals surface area contributed by atoms with Crippen LogP contribution in [0, 0.1) is 0 Å². The highest BCUT2D eigenvalue weighted by Gasteiger charge is 2.07. The lowest BCUT2D eigenvalue weighted by atomic mass is 10.1. The molecule has 0 bridgehead atoms. The molecule has 0 spiro atoms. The summed E-state index contributed by atoms with van der Waals surface area (Å²) in [5.41, 5.74) is 0.658. The maximum Gasteiger partial charge on any atom is 0.387 e. The Morgan fingerprint density at radius 3 is 2.40 bits per heavy atom. The van der Waals surface area contributed by atoms with Crippen LogP contribution in [0.2, 0.25) is 0 Å². The monoisotopic (exact) mass is 217 g/mol. The second-order valence-corrected chi connectivity index (χ2v) is 3.02. The Morgan fingerprint density at radius 2 is 1.93 bits per heavy atom. The molecular formula is C10H13F2NO2. The smallest absolute Gasteiger partial charge is 0.387 e. The summed E-state index contributed by atoms with van der Waals surface area (Å²) < 4.78 is 27.8. The number of likely N-dealkylation sites (N-methyl/N-ethyl adjacent to an activating group) is 1. The van der Waals surface area contributed by atoms with Gasteiger partial charge >= 0.3 is 6.61 Å². The molecule has 0 saturated heterocycles. The average molecular weight is 217 g/mol. The van der Waals surface area contributed by atoms with Crippen molar-refractivity contribution in [3.05, 3.63) is 29.8 Å². The predicted octanol–water partition coefficient (Wildman–Crippen LogP) is 1.54. The normalized spacial score (nSPS) is 12.9. The highest BCUT2D eigenvalue weighted by molar-refractivity contribution is 5.28. The summed E-state index contributed by atoms with van der Waals surface area (Å²) >= 11 is 0. The Bertz CT molecular complexity index is 290. The maximum absolute atomic E-state index is 11.8. The molecule has 1 aromatic carbocycles. The lowest BCUT2D eigenvalue weighted by molar-refractivity contribution is -0.0498. The third kappa shape index (κ3) is 3.81. The van der Waals surface area contributed by atoms with Crippen molar-refractivity contribution in [3.63, 3.8) is 0 Å². The van der Waals surface area contributed by atoms with E-state index in [4.69, 9.17) is 0 Å². The Labute approximate surface area is 86.7 Å². The van der Waals surface area contributed by atoms with E-state index in [1.807, 2.05) is 0 Å². The number of hydrogen-bond donors (Lipinski definition) is 2. The van der Waals surface area contributed by atoms with Gasteiger partial charge in [-0.1, -0.05) is 12.1 Å². The van der Waals surface area contributed by atoms with E-state index < -0.39 is 12.7 Å². The number of rotatable bonds is 5. The van der Waals surface area contributed by atoms with Crippen LogP contribution in [0.1, 0.15) is 11.7 Å². The molecule has 0 fully saturated rings. The fourth-order valence-electron chi connectivity index (χ4n) is 1.18. The molecule has 0 aliphatic carbocycles. The van der Waals surface area contributed by atoms with E-state index in [1.165, 1.54) is 12.1 Å². The van der Waals surface area contributed by atoms with Gasteiger partial charge in [-0.05, 0) is 24.7 Å². The molecule has 0 aromatic heterocycles. The number of benzene rings is 1. The summed E-state index contributed by atoms with van der Waals surface area (Å²) in [4.78, 5) is 0. The van der Waals surface area contributed by atoms with Crippen molar-refractivity contribution >= 4 is 0 Å². The van der Waals surface area contributed by atoms with Crippen molar-refractivity contribution in [2.75, 3.05) is 13.6 Å². The molecule has 1 atom stereocenters. The first-order valence-corrected chi connectivity index (χ1v) is 4.51. The minimum absolute atomic E-state index is 0.0883. The lowest BCUT2D eigenvalue weighted by Gasteiger charge is -2.11. The van der Waals surface area contributed by atoms with Crippen LogP contribution in [0.15, 0.2) is 24.3 Å². The molecular weight excluding hydrogens is 204 g/mol. The largest absolute Gasteiger partial charge is 0.435 e. The van der Waals surface area contributed by atoms with Crippen molar-refractivity contribution in [2.24, 2.45) is 0 Å². The van der Waals surface area contributed by atoms with E-state index in [0.29, 0.717) is 12.1 Å². The van der Waals surface area contributed by atoms with Gasteiger partial charge in [0.1, 0.15) is 5.75 Å². The van der Waals surface area contributed by atoms with Crippen LogP contribution < -0.4 is 10.1 Å². The summed E-state index contributed by atoms with van der Waals surface area (Å²) in [6.07, 6.45) is -0.643. The minimum atomic E-state index is -2.82. The zero-order valence-electron chi connectivity index (χ0n) is 8.28. The van der Waals surface area contributed by atoms with Gasteiger partial charge in [0.15, 0.2) is 0 Å². The number of halogens is 2. The quantitative estimate of drug-likeness (QED) is 0.786. The molecule has 3 nitrogen and oxygen atoms in total. The van der Waals surface area contributed by atoms with E-state index in [9.17, 15) is 13.9 Å². The van der Waals surface area contributed by atoms with Crippen molar-refractivity contribution < 1.29 is 18.6 Å². The Morgan fingerprint density at radius 1 is 1.33 bits per heavy atom. The van der Waals surface area contributed by atoms with Gasteiger partial charge in [-0.3, -0.25) is 0 Å². The maximum atomic E-state index is 11.8. The van der Waals surface area contributed by atoms with Gasteiger partial charge in [-0.25, -0.2) is 0 Å². The van der Waals surface area contributed by atoms with Crippen molar-refractivity contribution in [1.82, 2.24) is 5.32 Å². The highest BCUT2D eigenvalue weighted by atomic mass is 19.3. The first-order chi connectivity index (χ1) is 7.13. The van der Waals surface area contributed by atoms with Gasteiger partial charge in [0.05, 0.1) is 6.10 Å². The minimum Gasteiger partial charge on any atom is -0.435 e. The molecule has 0 aliphatic heterocycles. The number of aliphatic hydroxyl groups is 1. The molecule has 84 valence electrons. The van der Waals surface area contributed by atoms with E-state index in [0.717, 1.165) is 0 Å². The van der Waals surface area contributed by atoms with Crippen molar-refractivity contribution in [3.8, 4) is 5.75 Å². The summed E-state index contributed by atoms with van der Waals surface area (Å²) in [6, 6.07) is 5.92. The van der Waals surface area contributed by atoms with Crippen LogP contribution in [0.25, 0.3) is 0 Å². The van der Waals surface area contributed by atoms with Gasteiger partial charge in [0.25, 0.3) is 0 Å². The number of ether oxygens (including phenoxy) is 1. The fourth-order valence-corrected chi connectivity index (χ4v) is 1.18. The summed E-state index contributed by atoms with van der Waals surface area (Å²) in [7, 11) is 1.72. The van der Waals surface area contributed by atoms with Crippen LogP contribution in [-0.2, 0) is 0 Å². The fraction of sp³-hybridized carbons (Fsp3) is 0.400. The van der Waals surface area contributed by atoms with Crippen LogP contribution in [0.4, 0.5) is 8.78 Å². The predicted molar refractivity (Wildman–Crippen MR) is 52.0 cm³/mol. The number of alkyl halides is 2. The molecule has 2 N–H and O–H groups in total.